The number of hydrogen-bond acceptors (Lipinski definition) is 5. The first-order valence-corrected chi connectivity index (χ1v) is 5.82. The molecule has 0 saturated heterocycles. The number of aromatic nitrogens is 3. The summed E-state index contributed by atoms with van der Waals surface area (Å²) in [7, 11) is 0. The molecule has 1 aliphatic rings. The number of anilines is 1. The molecule has 1 saturated carbocycles. The Hall–Kier alpha value is -1.23. The predicted octanol–water partition coefficient (Wildman–Crippen LogP) is 1.03. The molecule has 1 aromatic rings. The normalized spacial score (nSPS) is 24.7. The molecule has 0 bridgehead atoms. The zero-order valence-corrected chi connectivity index (χ0v) is 9.90. The third-order valence-electron chi connectivity index (χ3n) is 3.22. The van der Waals surface area contributed by atoms with Crippen molar-refractivity contribution in [2.45, 2.75) is 39.2 Å². The number of nitrogens with zero attached hydrogens (tertiary/aromatic N) is 3. The van der Waals surface area contributed by atoms with Crippen molar-refractivity contribution in [3.63, 3.8) is 0 Å². The zero-order valence-electron chi connectivity index (χ0n) is 9.90. The maximum atomic E-state index is 5.87. The van der Waals surface area contributed by atoms with Gasteiger partial charge in [-0.25, -0.2) is 4.98 Å². The van der Waals surface area contributed by atoms with E-state index in [-0.39, 0.29) is 0 Å². The molecule has 5 heteroatoms. The maximum Gasteiger partial charge on any atom is 0.242 e. The molecule has 2 unspecified atom stereocenters. The topological polar surface area (TPSA) is 76.7 Å². The predicted molar refractivity (Wildman–Crippen MR) is 63.1 cm³/mol. The van der Waals surface area contributed by atoms with Gasteiger partial charge >= 0.3 is 0 Å². The number of hydrogen-bond donors (Lipinski definition) is 2. The third kappa shape index (κ3) is 2.66. The molecule has 1 heterocycles. The minimum Gasteiger partial charge on any atom is -0.353 e. The first-order valence-electron chi connectivity index (χ1n) is 5.82. The summed E-state index contributed by atoms with van der Waals surface area (Å²) in [5, 5.41) is 11.3. The fraction of sp³-hybridized carbons (Fsp3) is 0.727. The standard InChI is InChI=1S/C11H19N5/c1-7-8(2)15-16-11(14-7)13-6-9-3-4-10(12)5-9/h9-10H,3-6,12H2,1-2H3,(H,13,14,16). The lowest BCUT2D eigenvalue weighted by Gasteiger charge is -2.10. The van der Waals surface area contributed by atoms with Gasteiger partial charge in [0, 0.05) is 12.6 Å². The SMILES string of the molecule is Cc1nnc(NCC2CCC(N)C2)nc1C. The van der Waals surface area contributed by atoms with Crippen molar-refractivity contribution < 1.29 is 0 Å². The van der Waals surface area contributed by atoms with Crippen LogP contribution in [0.4, 0.5) is 5.95 Å². The molecule has 2 rings (SSSR count). The Kier molecular flexibility index (Phi) is 3.33. The highest BCUT2D eigenvalue weighted by molar-refractivity contribution is 5.24. The van der Waals surface area contributed by atoms with Crippen LogP contribution in [0, 0.1) is 19.8 Å². The van der Waals surface area contributed by atoms with Crippen molar-refractivity contribution in [1.82, 2.24) is 15.2 Å². The van der Waals surface area contributed by atoms with Crippen molar-refractivity contribution in [3.8, 4) is 0 Å². The van der Waals surface area contributed by atoms with E-state index in [1.165, 1.54) is 6.42 Å². The van der Waals surface area contributed by atoms with Crippen LogP contribution in [0.25, 0.3) is 0 Å². The summed E-state index contributed by atoms with van der Waals surface area (Å²) in [5.41, 5.74) is 7.68. The van der Waals surface area contributed by atoms with Crippen LogP contribution < -0.4 is 11.1 Å². The van der Waals surface area contributed by atoms with Crippen molar-refractivity contribution >= 4 is 5.95 Å². The van der Waals surface area contributed by atoms with Gasteiger partial charge in [0.15, 0.2) is 0 Å². The lowest BCUT2D eigenvalue weighted by atomic mass is 10.1. The molecule has 3 N–H and O–H groups in total. The molecular weight excluding hydrogens is 202 g/mol. The highest BCUT2D eigenvalue weighted by Gasteiger charge is 2.21. The van der Waals surface area contributed by atoms with Gasteiger partial charge in [0.1, 0.15) is 0 Å². The largest absolute Gasteiger partial charge is 0.353 e. The van der Waals surface area contributed by atoms with Gasteiger partial charge in [-0.2, -0.15) is 5.10 Å². The van der Waals surface area contributed by atoms with Crippen LogP contribution in [-0.2, 0) is 0 Å². The number of nitrogens with one attached hydrogen (secondary N) is 1. The van der Waals surface area contributed by atoms with E-state index in [0.717, 1.165) is 30.8 Å². The van der Waals surface area contributed by atoms with Crippen LogP contribution in [0.3, 0.4) is 0 Å². The lowest BCUT2D eigenvalue weighted by Crippen LogP contribution is -2.18. The van der Waals surface area contributed by atoms with Crippen molar-refractivity contribution in [1.29, 1.82) is 0 Å². The average Bonchev–Trinajstić information content (AvgIpc) is 2.66. The Morgan fingerprint density at radius 3 is 2.69 bits per heavy atom. The second-order valence-electron chi connectivity index (χ2n) is 4.63. The minimum atomic E-state index is 0.380. The highest BCUT2D eigenvalue weighted by atomic mass is 15.2. The van der Waals surface area contributed by atoms with E-state index >= 15 is 0 Å². The van der Waals surface area contributed by atoms with Crippen LogP contribution in [-0.4, -0.2) is 27.8 Å². The molecule has 0 radical (unpaired) electrons. The maximum absolute atomic E-state index is 5.87. The Labute approximate surface area is 95.9 Å². The van der Waals surface area contributed by atoms with Crippen molar-refractivity contribution in [2.75, 3.05) is 11.9 Å². The van der Waals surface area contributed by atoms with Crippen LogP contribution in [0.5, 0.6) is 0 Å². The quantitative estimate of drug-likeness (QED) is 0.797. The average molecular weight is 221 g/mol. The fourth-order valence-corrected chi connectivity index (χ4v) is 2.07. The van der Waals surface area contributed by atoms with E-state index < -0.39 is 0 Å². The summed E-state index contributed by atoms with van der Waals surface area (Å²) in [5.74, 6) is 1.28. The van der Waals surface area contributed by atoms with E-state index in [1.54, 1.807) is 0 Å². The van der Waals surface area contributed by atoms with Crippen LogP contribution >= 0.6 is 0 Å². The Morgan fingerprint density at radius 2 is 2.06 bits per heavy atom. The van der Waals surface area contributed by atoms with Gasteiger partial charge < -0.3 is 11.1 Å². The molecule has 16 heavy (non-hydrogen) atoms. The summed E-state index contributed by atoms with van der Waals surface area (Å²) in [6.45, 7) is 4.76. The Bertz CT molecular complexity index is 365. The molecule has 88 valence electrons. The summed E-state index contributed by atoms with van der Waals surface area (Å²) >= 11 is 0. The van der Waals surface area contributed by atoms with Gasteiger partial charge in [0.2, 0.25) is 5.95 Å². The molecular formula is C11H19N5. The van der Waals surface area contributed by atoms with Gasteiger partial charge in [-0.1, -0.05) is 0 Å². The second kappa shape index (κ2) is 4.74. The summed E-state index contributed by atoms with van der Waals surface area (Å²) in [6, 6.07) is 0.380. The van der Waals surface area contributed by atoms with Gasteiger partial charge in [-0.15, -0.1) is 5.10 Å². The summed E-state index contributed by atoms with van der Waals surface area (Å²) < 4.78 is 0. The molecule has 1 aliphatic carbocycles. The molecule has 2 atom stereocenters. The number of rotatable bonds is 3. The molecule has 1 aromatic heterocycles. The van der Waals surface area contributed by atoms with Gasteiger partial charge in [0.25, 0.3) is 0 Å². The lowest BCUT2D eigenvalue weighted by molar-refractivity contribution is 0.563. The van der Waals surface area contributed by atoms with Crippen molar-refractivity contribution in [3.05, 3.63) is 11.4 Å². The second-order valence-corrected chi connectivity index (χ2v) is 4.63. The molecule has 1 fully saturated rings. The highest BCUT2D eigenvalue weighted by Crippen LogP contribution is 2.23. The van der Waals surface area contributed by atoms with Gasteiger partial charge in [-0.05, 0) is 39.0 Å². The van der Waals surface area contributed by atoms with E-state index in [2.05, 4.69) is 20.5 Å². The van der Waals surface area contributed by atoms with E-state index in [4.69, 9.17) is 5.73 Å². The molecule has 0 amide bonds. The molecule has 0 aromatic carbocycles. The van der Waals surface area contributed by atoms with Crippen LogP contribution in [0.15, 0.2) is 0 Å². The Balaban J connectivity index is 1.87. The molecule has 0 spiro atoms. The summed E-state index contributed by atoms with van der Waals surface area (Å²) in [4.78, 5) is 4.34. The van der Waals surface area contributed by atoms with Gasteiger partial charge in [-0.3, -0.25) is 0 Å². The van der Waals surface area contributed by atoms with Crippen LogP contribution in [0.1, 0.15) is 30.7 Å². The molecule has 5 nitrogen and oxygen atoms in total. The minimum absolute atomic E-state index is 0.380. The monoisotopic (exact) mass is 221 g/mol. The Morgan fingerprint density at radius 1 is 1.25 bits per heavy atom. The third-order valence-corrected chi connectivity index (χ3v) is 3.22. The fourth-order valence-electron chi connectivity index (χ4n) is 2.07. The summed E-state index contributed by atoms with van der Waals surface area (Å²) in [6.07, 6.45) is 3.44. The van der Waals surface area contributed by atoms with E-state index in [1.807, 2.05) is 13.8 Å². The van der Waals surface area contributed by atoms with Crippen LogP contribution in [0.2, 0.25) is 0 Å². The number of nitrogens with two attached hydrogens (primary N) is 1. The van der Waals surface area contributed by atoms with Crippen molar-refractivity contribution in [2.24, 2.45) is 11.7 Å². The first kappa shape index (κ1) is 11.3. The van der Waals surface area contributed by atoms with E-state index in [0.29, 0.717) is 17.9 Å². The smallest absolute Gasteiger partial charge is 0.242 e. The number of aryl methyl sites for hydroxylation is 2. The molecule has 0 aliphatic heterocycles. The van der Waals surface area contributed by atoms with Gasteiger partial charge in [0.05, 0.1) is 11.4 Å². The zero-order chi connectivity index (χ0) is 11.5. The van der Waals surface area contributed by atoms with E-state index in [9.17, 15) is 0 Å². The first-order chi connectivity index (χ1) is 7.65.